The number of halogens is 3. The molecule has 1 heterocycles. The van der Waals surface area contributed by atoms with Gasteiger partial charge in [0.2, 0.25) is 0 Å². The average Bonchev–Trinajstić information content (AvgIpc) is 2.70. The Morgan fingerprint density at radius 3 is 2.52 bits per heavy atom. The minimum Gasteiger partial charge on any atom is -0.437 e. The predicted octanol–water partition coefficient (Wildman–Crippen LogP) is 5.19. The van der Waals surface area contributed by atoms with Crippen molar-refractivity contribution < 1.29 is 22.7 Å². The summed E-state index contributed by atoms with van der Waals surface area (Å²) in [6.45, 7) is 6.07. The molecule has 0 unspecified atom stereocenters. The molecule has 1 N–H and O–H groups in total. The Labute approximate surface area is 178 Å². The first-order valence-electron chi connectivity index (χ1n) is 9.67. The van der Waals surface area contributed by atoms with Gasteiger partial charge < -0.3 is 10.1 Å². The average molecular weight is 429 g/mol. The van der Waals surface area contributed by atoms with Gasteiger partial charge >= 0.3 is 6.18 Å². The molecule has 5 nitrogen and oxygen atoms in total. The van der Waals surface area contributed by atoms with Crippen molar-refractivity contribution in [3.8, 4) is 11.6 Å². The molecule has 3 rings (SSSR count). The van der Waals surface area contributed by atoms with Gasteiger partial charge in [-0.15, -0.1) is 5.10 Å². The molecule has 3 aromatic rings. The third-order valence-electron chi connectivity index (χ3n) is 4.68. The highest BCUT2D eigenvalue weighted by Gasteiger charge is 2.30. The van der Waals surface area contributed by atoms with E-state index in [9.17, 15) is 18.0 Å². The van der Waals surface area contributed by atoms with Gasteiger partial charge in [0.25, 0.3) is 11.8 Å². The third-order valence-corrected chi connectivity index (χ3v) is 4.68. The van der Waals surface area contributed by atoms with E-state index >= 15 is 0 Å². The van der Waals surface area contributed by atoms with Crippen molar-refractivity contribution in [2.75, 3.05) is 6.54 Å². The second kappa shape index (κ2) is 9.16. The number of aryl methyl sites for hydroxylation is 3. The maximum Gasteiger partial charge on any atom is 0.416 e. The summed E-state index contributed by atoms with van der Waals surface area (Å²) >= 11 is 0. The van der Waals surface area contributed by atoms with Gasteiger partial charge in [0.1, 0.15) is 11.3 Å². The summed E-state index contributed by atoms with van der Waals surface area (Å²) in [5.41, 5.74) is 3.16. The molecule has 0 bridgehead atoms. The lowest BCUT2D eigenvalue weighted by Crippen LogP contribution is -2.26. The first-order chi connectivity index (χ1) is 14.6. The molecule has 0 aliphatic heterocycles. The van der Waals surface area contributed by atoms with Crippen LogP contribution in [0.15, 0.2) is 48.5 Å². The van der Waals surface area contributed by atoms with Crippen LogP contribution >= 0.6 is 0 Å². The fourth-order valence-electron chi connectivity index (χ4n) is 3.10. The summed E-state index contributed by atoms with van der Waals surface area (Å²) in [5.74, 6) is -0.684. The van der Waals surface area contributed by atoms with Gasteiger partial charge in [0.15, 0.2) is 0 Å². The van der Waals surface area contributed by atoms with Crippen molar-refractivity contribution in [3.63, 3.8) is 0 Å². The molecule has 1 aromatic heterocycles. The quantitative estimate of drug-likeness (QED) is 0.586. The Morgan fingerprint density at radius 1 is 1.03 bits per heavy atom. The lowest BCUT2D eigenvalue weighted by molar-refractivity contribution is -0.137. The Morgan fingerprint density at radius 2 is 1.81 bits per heavy atom. The van der Waals surface area contributed by atoms with E-state index in [1.807, 2.05) is 26.0 Å². The first-order valence-corrected chi connectivity index (χ1v) is 9.67. The SMILES string of the molecule is Cc1ccc(CCNC(=O)c2cc(C)nnc2Oc2cccc(C(F)(F)F)c2)c(C)c1. The lowest BCUT2D eigenvalue weighted by atomic mass is 10.0. The molecule has 1 amide bonds. The highest BCUT2D eigenvalue weighted by Crippen LogP contribution is 2.33. The Hall–Kier alpha value is -3.42. The number of ether oxygens (including phenoxy) is 1. The number of hydrogen-bond donors (Lipinski definition) is 1. The van der Waals surface area contributed by atoms with Gasteiger partial charge in [-0.1, -0.05) is 29.8 Å². The number of amides is 1. The summed E-state index contributed by atoms with van der Waals surface area (Å²) in [6, 6.07) is 12.0. The summed E-state index contributed by atoms with van der Waals surface area (Å²) in [5, 5.41) is 10.5. The van der Waals surface area contributed by atoms with Crippen LogP contribution in [-0.2, 0) is 12.6 Å². The largest absolute Gasteiger partial charge is 0.437 e. The highest BCUT2D eigenvalue weighted by molar-refractivity contribution is 5.96. The van der Waals surface area contributed by atoms with Crippen LogP contribution in [0.3, 0.4) is 0 Å². The zero-order chi connectivity index (χ0) is 22.6. The molecular weight excluding hydrogens is 407 g/mol. The van der Waals surface area contributed by atoms with Gasteiger partial charge in [-0.05, 0) is 62.6 Å². The van der Waals surface area contributed by atoms with Crippen LogP contribution in [0.5, 0.6) is 11.6 Å². The van der Waals surface area contributed by atoms with Gasteiger partial charge in [-0.2, -0.15) is 18.3 Å². The number of aromatic nitrogens is 2. The Balaban J connectivity index is 1.74. The summed E-state index contributed by atoms with van der Waals surface area (Å²) in [4.78, 5) is 12.7. The number of alkyl halides is 3. The van der Waals surface area contributed by atoms with Crippen LogP contribution < -0.4 is 10.1 Å². The molecule has 0 fully saturated rings. The molecule has 0 atom stereocenters. The van der Waals surface area contributed by atoms with Crippen LogP contribution in [-0.4, -0.2) is 22.6 Å². The van der Waals surface area contributed by atoms with Gasteiger partial charge in [-0.25, -0.2) is 0 Å². The zero-order valence-corrected chi connectivity index (χ0v) is 17.4. The maximum absolute atomic E-state index is 12.9. The van der Waals surface area contributed by atoms with Crippen molar-refractivity contribution in [1.82, 2.24) is 15.5 Å². The molecule has 162 valence electrons. The Bertz CT molecular complexity index is 1100. The number of nitrogens with zero attached hydrogens (tertiary/aromatic N) is 2. The number of hydrogen-bond acceptors (Lipinski definition) is 4. The molecule has 0 saturated carbocycles. The molecular formula is C23H22F3N3O2. The van der Waals surface area contributed by atoms with Crippen molar-refractivity contribution in [2.45, 2.75) is 33.4 Å². The fourth-order valence-corrected chi connectivity index (χ4v) is 3.10. The monoisotopic (exact) mass is 429 g/mol. The summed E-state index contributed by atoms with van der Waals surface area (Å²) < 4.78 is 44.3. The van der Waals surface area contributed by atoms with Gasteiger partial charge in [-0.3, -0.25) is 4.79 Å². The normalized spacial score (nSPS) is 11.3. The fraction of sp³-hybridized carbons (Fsp3) is 0.261. The summed E-state index contributed by atoms with van der Waals surface area (Å²) in [7, 11) is 0. The van der Waals surface area contributed by atoms with Crippen molar-refractivity contribution >= 4 is 5.91 Å². The van der Waals surface area contributed by atoms with E-state index in [1.54, 1.807) is 6.92 Å². The van der Waals surface area contributed by atoms with Crippen LogP contribution in [0.25, 0.3) is 0 Å². The second-order valence-corrected chi connectivity index (χ2v) is 7.27. The first kappa shape index (κ1) is 22.3. The molecule has 31 heavy (non-hydrogen) atoms. The van der Waals surface area contributed by atoms with E-state index in [4.69, 9.17) is 4.74 Å². The molecule has 2 aromatic carbocycles. The van der Waals surface area contributed by atoms with E-state index in [0.29, 0.717) is 18.7 Å². The van der Waals surface area contributed by atoms with E-state index in [1.165, 1.54) is 23.8 Å². The zero-order valence-electron chi connectivity index (χ0n) is 17.4. The van der Waals surface area contributed by atoms with Crippen molar-refractivity contribution in [1.29, 1.82) is 0 Å². The maximum atomic E-state index is 12.9. The number of benzene rings is 2. The second-order valence-electron chi connectivity index (χ2n) is 7.27. The van der Waals surface area contributed by atoms with Crippen molar-refractivity contribution in [3.05, 3.63) is 82.0 Å². The molecule has 0 radical (unpaired) electrons. The highest BCUT2D eigenvalue weighted by atomic mass is 19.4. The predicted molar refractivity (Wildman–Crippen MR) is 110 cm³/mol. The van der Waals surface area contributed by atoms with Crippen LogP contribution in [0.4, 0.5) is 13.2 Å². The van der Waals surface area contributed by atoms with E-state index in [0.717, 1.165) is 23.3 Å². The lowest BCUT2D eigenvalue weighted by Gasteiger charge is -2.13. The number of carbonyl (C=O) groups is 1. The minimum absolute atomic E-state index is 0.0858. The van der Waals surface area contributed by atoms with Crippen LogP contribution in [0.2, 0.25) is 0 Å². The Kier molecular flexibility index (Phi) is 6.58. The van der Waals surface area contributed by atoms with Crippen LogP contribution in [0, 0.1) is 20.8 Å². The standard InChI is InChI=1S/C23H22F3N3O2/c1-14-7-8-17(15(2)11-14)9-10-27-21(30)20-12-16(3)28-29-22(20)31-19-6-4-5-18(13-19)23(24,25)26/h4-8,11-13H,9-10H2,1-3H3,(H,27,30). The van der Waals surface area contributed by atoms with Gasteiger partial charge in [0, 0.05) is 6.54 Å². The third kappa shape index (κ3) is 5.81. The molecule has 8 heteroatoms. The molecule has 0 aliphatic carbocycles. The van der Waals surface area contributed by atoms with E-state index in [2.05, 4.69) is 21.6 Å². The molecule has 0 aliphatic rings. The smallest absolute Gasteiger partial charge is 0.416 e. The number of nitrogens with one attached hydrogen (secondary N) is 1. The topological polar surface area (TPSA) is 64.1 Å². The van der Waals surface area contributed by atoms with E-state index in [-0.39, 0.29) is 17.2 Å². The number of carbonyl (C=O) groups excluding carboxylic acids is 1. The van der Waals surface area contributed by atoms with Crippen molar-refractivity contribution in [2.24, 2.45) is 0 Å². The van der Waals surface area contributed by atoms with E-state index < -0.39 is 17.6 Å². The minimum atomic E-state index is -4.51. The summed E-state index contributed by atoms with van der Waals surface area (Å²) in [6.07, 6.45) is -3.87. The molecule has 0 saturated heterocycles. The van der Waals surface area contributed by atoms with Crippen LogP contribution in [0.1, 0.15) is 38.3 Å². The van der Waals surface area contributed by atoms with Gasteiger partial charge in [0.05, 0.1) is 11.3 Å². The number of rotatable bonds is 6. The molecule has 0 spiro atoms.